The second kappa shape index (κ2) is 7.62. The Balaban J connectivity index is 2.81. The Bertz CT molecular complexity index is 333. The quantitative estimate of drug-likeness (QED) is 0.715. The van der Waals surface area contributed by atoms with Crippen LogP contribution in [0.2, 0.25) is 0 Å². The Kier molecular flexibility index (Phi) is 6.46. The number of carbonyl (C=O) groups excluding carboxylic acids is 1. The van der Waals surface area contributed by atoms with Crippen LogP contribution in [0.1, 0.15) is 58.8 Å². The summed E-state index contributed by atoms with van der Waals surface area (Å²) in [6, 6.07) is 0.0851. The number of carboxylic acids is 1. The zero-order chi connectivity index (χ0) is 15.2. The molecule has 1 aliphatic rings. The summed E-state index contributed by atoms with van der Waals surface area (Å²) in [6.45, 7) is 4.23. The monoisotopic (exact) mass is 285 g/mol. The lowest BCUT2D eigenvalue weighted by atomic mass is 9.82. The van der Waals surface area contributed by atoms with Crippen molar-refractivity contribution in [3.05, 3.63) is 0 Å². The number of carbonyl (C=O) groups is 2. The number of aliphatic hydroxyl groups is 1. The minimum absolute atomic E-state index is 0.0683. The van der Waals surface area contributed by atoms with Crippen molar-refractivity contribution in [1.29, 1.82) is 0 Å². The van der Waals surface area contributed by atoms with E-state index in [0.29, 0.717) is 19.4 Å². The van der Waals surface area contributed by atoms with Crippen molar-refractivity contribution in [3.8, 4) is 0 Å². The van der Waals surface area contributed by atoms with E-state index in [2.05, 4.69) is 0 Å². The minimum atomic E-state index is -0.878. The van der Waals surface area contributed by atoms with Crippen LogP contribution in [0.15, 0.2) is 0 Å². The molecule has 0 heterocycles. The number of aliphatic carboxylic acids is 1. The second-order valence-electron chi connectivity index (χ2n) is 5.75. The number of hydrogen-bond donors (Lipinski definition) is 2. The van der Waals surface area contributed by atoms with Gasteiger partial charge in [-0.2, -0.15) is 0 Å². The third kappa shape index (κ3) is 3.72. The van der Waals surface area contributed by atoms with Gasteiger partial charge >= 0.3 is 5.97 Å². The number of rotatable bonds is 8. The molecule has 0 bridgehead atoms. The van der Waals surface area contributed by atoms with Gasteiger partial charge in [0.15, 0.2) is 0 Å². The van der Waals surface area contributed by atoms with E-state index in [0.717, 1.165) is 25.7 Å². The first-order chi connectivity index (χ1) is 9.50. The number of nitrogens with zero attached hydrogens (tertiary/aromatic N) is 1. The molecule has 0 aliphatic heterocycles. The maximum absolute atomic E-state index is 12.5. The van der Waals surface area contributed by atoms with Crippen molar-refractivity contribution in [1.82, 2.24) is 4.90 Å². The Morgan fingerprint density at radius 2 is 1.75 bits per heavy atom. The molecule has 1 saturated carbocycles. The fourth-order valence-electron chi connectivity index (χ4n) is 3.26. The Labute approximate surface area is 121 Å². The Morgan fingerprint density at radius 1 is 1.20 bits per heavy atom. The molecule has 0 unspecified atom stereocenters. The summed E-state index contributed by atoms with van der Waals surface area (Å²) in [5.74, 6) is -0.978. The molecule has 0 aromatic carbocycles. The number of aliphatic hydroxyl groups excluding tert-OH is 1. The van der Waals surface area contributed by atoms with E-state index in [1.807, 2.05) is 13.8 Å². The van der Waals surface area contributed by atoms with Crippen molar-refractivity contribution in [3.63, 3.8) is 0 Å². The molecule has 1 rings (SSSR count). The third-order valence-corrected chi connectivity index (χ3v) is 4.55. The van der Waals surface area contributed by atoms with E-state index in [1.54, 1.807) is 4.90 Å². The van der Waals surface area contributed by atoms with Crippen LogP contribution in [0.5, 0.6) is 0 Å². The first-order valence-electron chi connectivity index (χ1n) is 7.64. The highest BCUT2D eigenvalue weighted by Gasteiger charge is 2.44. The van der Waals surface area contributed by atoms with Crippen LogP contribution in [0.25, 0.3) is 0 Å². The van der Waals surface area contributed by atoms with Gasteiger partial charge in [-0.15, -0.1) is 0 Å². The normalized spacial score (nSPS) is 17.4. The highest BCUT2D eigenvalue weighted by molar-refractivity contribution is 5.85. The maximum Gasteiger partial charge on any atom is 0.310 e. The van der Waals surface area contributed by atoms with E-state index < -0.39 is 11.4 Å². The van der Waals surface area contributed by atoms with Gasteiger partial charge in [0.2, 0.25) is 5.91 Å². The Morgan fingerprint density at radius 3 is 2.15 bits per heavy atom. The average Bonchev–Trinajstić information content (AvgIpc) is 2.89. The summed E-state index contributed by atoms with van der Waals surface area (Å²) in [7, 11) is 0. The molecule has 0 radical (unpaired) electrons. The van der Waals surface area contributed by atoms with Gasteiger partial charge in [-0.25, -0.2) is 0 Å². The summed E-state index contributed by atoms with van der Waals surface area (Å²) < 4.78 is 0. The minimum Gasteiger partial charge on any atom is -0.481 e. The molecule has 5 heteroatoms. The van der Waals surface area contributed by atoms with Crippen LogP contribution in [0.4, 0.5) is 0 Å². The lowest BCUT2D eigenvalue weighted by Gasteiger charge is -2.33. The first-order valence-corrected chi connectivity index (χ1v) is 7.64. The summed E-state index contributed by atoms with van der Waals surface area (Å²) >= 11 is 0. The molecule has 0 spiro atoms. The van der Waals surface area contributed by atoms with Crippen LogP contribution in [0.3, 0.4) is 0 Å². The molecule has 20 heavy (non-hydrogen) atoms. The van der Waals surface area contributed by atoms with Gasteiger partial charge in [-0.05, 0) is 25.7 Å². The highest BCUT2D eigenvalue weighted by Crippen LogP contribution is 2.42. The first kappa shape index (κ1) is 17.0. The van der Waals surface area contributed by atoms with Crippen molar-refractivity contribution >= 4 is 11.9 Å². The van der Waals surface area contributed by atoms with E-state index in [4.69, 9.17) is 5.11 Å². The molecular weight excluding hydrogens is 258 g/mol. The zero-order valence-corrected chi connectivity index (χ0v) is 12.6. The topological polar surface area (TPSA) is 77.8 Å². The fraction of sp³-hybridized carbons (Fsp3) is 0.867. The average molecular weight is 285 g/mol. The number of hydrogen-bond acceptors (Lipinski definition) is 3. The molecule has 0 aromatic rings. The van der Waals surface area contributed by atoms with Gasteiger partial charge in [-0.3, -0.25) is 9.59 Å². The molecule has 0 atom stereocenters. The second-order valence-corrected chi connectivity index (χ2v) is 5.75. The van der Waals surface area contributed by atoms with Crippen LogP contribution < -0.4 is 0 Å². The summed E-state index contributed by atoms with van der Waals surface area (Å²) in [5.41, 5.74) is -0.878. The largest absolute Gasteiger partial charge is 0.481 e. The van der Waals surface area contributed by atoms with Gasteiger partial charge in [0.1, 0.15) is 0 Å². The number of amides is 1. The molecule has 1 aliphatic carbocycles. The van der Waals surface area contributed by atoms with Gasteiger partial charge in [0.05, 0.1) is 12.0 Å². The van der Waals surface area contributed by atoms with E-state index in [-0.39, 0.29) is 25.0 Å². The lowest BCUT2D eigenvalue weighted by Crippen LogP contribution is -2.44. The predicted molar refractivity (Wildman–Crippen MR) is 76.3 cm³/mol. The van der Waals surface area contributed by atoms with Gasteiger partial charge < -0.3 is 15.1 Å². The molecule has 0 aromatic heterocycles. The predicted octanol–water partition coefficient (Wildman–Crippen LogP) is 2.03. The molecule has 5 nitrogen and oxygen atoms in total. The lowest BCUT2D eigenvalue weighted by molar-refractivity contribution is -0.154. The van der Waals surface area contributed by atoms with Gasteiger partial charge in [0.25, 0.3) is 0 Å². The van der Waals surface area contributed by atoms with Crippen molar-refractivity contribution in [2.75, 3.05) is 13.2 Å². The number of carboxylic acid groups (broad SMARTS) is 1. The summed E-state index contributed by atoms with van der Waals surface area (Å²) in [5, 5.41) is 18.6. The van der Waals surface area contributed by atoms with E-state index in [1.165, 1.54) is 0 Å². The highest BCUT2D eigenvalue weighted by atomic mass is 16.4. The van der Waals surface area contributed by atoms with Gasteiger partial charge in [-0.1, -0.05) is 26.7 Å². The molecule has 116 valence electrons. The zero-order valence-electron chi connectivity index (χ0n) is 12.6. The fourth-order valence-corrected chi connectivity index (χ4v) is 3.26. The molecule has 1 fully saturated rings. The smallest absolute Gasteiger partial charge is 0.310 e. The third-order valence-electron chi connectivity index (χ3n) is 4.55. The van der Waals surface area contributed by atoms with E-state index in [9.17, 15) is 14.7 Å². The van der Waals surface area contributed by atoms with Crippen LogP contribution >= 0.6 is 0 Å². The Hall–Kier alpha value is -1.10. The summed E-state index contributed by atoms with van der Waals surface area (Å²) in [4.78, 5) is 25.7. The standard InChI is InChI=1S/C15H27NO4/c1-3-12(4-2)16(9-10-17)13(18)11-15(14(19)20)7-5-6-8-15/h12,17H,3-11H2,1-2H3,(H,19,20). The molecule has 0 saturated heterocycles. The summed E-state index contributed by atoms with van der Waals surface area (Å²) in [6.07, 6.45) is 4.65. The molecule has 1 amide bonds. The molecule has 2 N–H and O–H groups in total. The van der Waals surface area contributed by atoms with Crippen molar-refractivity contribution in [2.24, 2.45) is 5.41 Å². The van der Waals surface area contributed by atoms with E-state index >= 15 is 0 Å². The maximum atomic E-state index is 12.5. The molecular formula is C15H27NO4. The van der Waals surface area contributed by atoms with Crippen LogP contribution in [0, 0.1) is 5.41 Å². The van der Waals surface area contributed by atoms with Crippen molar-refractivity contribution in [2.45, 2.75) is 64.8 Å². The van der Waals surface area contributed by atoms with Crippen molar-refractivity contribution < 1.29 is 19.8 Å². The van der Waals surface area contributed by atoms with Crippen LogP contribution in [-0.4, -0.2) is 46.2 Å². The SMILES string of the molecule is CCC(CC)N(CCO)C(=O)CC1(C(=O)O)CCCC1. The van der Waals surface area contributed by atoms with Gasteiger partial charge in [0, 0.05) is 19.0 Å². The van der Waals surface area contributed by atoms with Crippen LogP contribution in [-0.2, 0) is 9.59 Å².